The quantitative estimate of drug-likeness (QED) is 0.816. The van der Waals surface area contributed by atoms with Crippen LogP contribution in [-0.4, -0.2) is 19.8 Å². The van der Waals surface area contributed by atoms with Crippen molar-refractivity contribution >= 4 is 10.0 Å². The third kappa shape index (κ3) is 5.16. The van der Waals surface area contributed by atoms with Crippen molar-refractivity contribution in [2.45, 2.75) is 18.3 Å². The van der Waals surface area contributed by atoms with Crippen LogP contribution in [0, 0.1) is 0 Å². The highest BCUT2D eigenvalue weighted by Crippen LogP contribution is 2.22. The lowest BCUT2D eigenvalue weighted by Gasteiger charge is -2.08. The highest BCUT2D eigenvalue weighted by atomic mass is 32.2. The molecule has 2 N–H and O–H groups in total. The topological polar surface area (TPSA) is 66.4 Å². The normalized spacial score (nSPS) is 12.7. The first-order chi connectivity index (χ1) is 7.72. The van der Waals surface area contributed by atoms with Gasteiger partial charge in [-0.1, -0.05) is 29.2 Å². The molecule has 0 saturated carbocycles. The van der Waals surface area contributed by atoms with E-state index in [1.54, 1.807) is 0 Å². The Morgan fingerprint density at radius 2 is 1.82 bits per heavy atom. The summed E-state index contributed by atoms with van der Waals surface area (Å²) in [6, 6.07) is 5.11. The highest BCUT2D eigenvalue weighted by molar-refractivity contribution is 7.88. The number of hydrogen-bond acceptors (Lipinski definition) is 3. The summed E-state index contributed by atoms with van der Waals surface area (Å²) in [6.07, 6.45) is -5.46. The van der Waals surface area contributed by atoms with Crippen LogP contribution in [0.15, 0.2) is 24.3 Å². The number of halogens is 3. The van der Waals surface area contributed by atoms with E-state index in [0.717, 1.165) is 11.0 Å². The molecular weight excluding hydrogens is 259 g/mol. The zero-order valence-corrected chi connectivity index (χ0v) is 9.35. The molecule has 0 heterocycles. The molecule has 0 aliphatic carbocycles. The number of nitrogens with one attached hydrogen (secondary N) is 1. The maximum Gasteiger partial charge on any atom is 0.393 e. The van der Waals surface area contributed by atoms with E-state index in [1.165, 1.54) is 18.2 Å². The van der Waals surface area contributed by atoms with Crippen LogP contribution in [-0.2, 0) is 22.2 Å². The van der Waals surface area contributed by atoms with Gasteiger partial charge in [-0.15, -0.1) is 0 Å². The smallest absolute Gasteiger partial charge is 0.302 e. The van der Waals surface area contributed by atoms with Gasteiger partial charge in [-0.25, -0.2) is 8.42 Å². The predicted octanol–water partition coefficient (Wildman–Crippen LogP) is 1.60. The average Bonchev–Trinajstić information content (AvgIpc) is 2.14. The van der Waals surface area contributed by atoms with Crippen LogP contribution < -0.4 is 4.89 Å². The van der Waals surface area contributed by atoms with E-state index in [2.05, 4.69) is 0 Å². The number of hydrogen-bond donors (Lipinski definition) is 2. The summed E-state index contributed by atoms with van der Waals surface area (Å²) in [5, 5.41) is 8.29. The molecule has 0 atom stereocenters. The van der Waals surface area contributed by atoms with E-state index in [0.29, 0.717) is 0 Å². The summed E-state index contributed by atoms with van der Waals surface area (Å²) in [6.45, 7) is 0. The Kier molecular flexibility index (Phi) is 4.12. The Hall–Kier alpha value is -1.12. The first-order valence-corrected chi connectivity index (χ1v) is 6.15. The molecule has 1 rings (SSSR count). The van der Waals surface area contributed by atoms with Gasteiger partial charge in [-0.05, 0) is 11.1 Å². The molecule has 0 aliphatic heterocycles. The molecule has 0 radical (unpaired) electrons. The van der Waals surface area contributed by atoms with Gasteiger partial charge in [0.2, 0.25) is 10.0 Å². The second kappa shape index (κ2) is 5.03. The maximum absolute atomic E-state index is 12.1. The average molecular weight is 269 g/mol. The standard InChI is InChI=1S/C9H10F3NO3S/c10-9(11,12)5-7-2-1-3-8(4-7)6-17(15,16)13-14/h1-4,13-14H,5-6H2. The Morgan fingerprint density at radius 3 is 2.35 bits per heavy atom. The largest absolute Gasteiger partial charge is 0.393 e. The summed E-state index contributed by atoms with van der Waals surface area (Å²) in [4.78, 5) is 1.11. The van der Waals surface area contributed by atoms with Crippen molar-refractivity contribution in [2.75, 3.05) is 0 Å². The van der Waals surface area contributed by atoms with Gasteiger partial charge >= 0.3 is 6.18 Å². The second-order valence-electron chi connectivity index (χ2n) is 3.46. The second-order valence-corrected chi connectivity index (χ2v) is 5.16. The van der Waals surface area contributed by atoms with Crippen LogP contribution in [0.3, 0.4) is 0 Å². The van der Waals surface area contributed by atoms with Gasteiger partial charge in [0, 0.05) is 0 Å². The van der Waals surface area contributed by atoms with Gasteiger partial charge in [-0.3, -0.25) is 0 Å². The monoisotopic (exact) mass is 269 g/mol. The van der Waals surface area contributed by atoms with E-state index < -0.39 is 28.4 Å². The van der Waals surface area contributed by atoms with Crippen LogP contribution in [0.1, 0.15) is 11.1 Å². The molecule has 4 nitrogen and oxygen atoms in total. The summed E-state index contributed by atoms with van der Waals surface area (Å²) in [5.74, 6) is -0.574. The molecule has 0 aromatic heterocycles. The molecule has 1 aromatic carbocycles. The van der Waals surface area contributed by atoms with E-state index in [9.17, 15) is 21.6 Å². The summed E-state index contributed by atoms with van der Waals surface area (Å²) in [5.41, 5.74) is 0.149. The molecule has 0 aliphatic rings. The molecule has 0 spiro atoms. The molecule has 0 fully saturated rings. The highest BCUT2D eigenvalue weighted by Gasteiger charge is 2.27. The number of benzene rings is 1. The van der Waals surface area contributed by atoms with E-state index in [4.69, 9.17) is 5.21 Å². The number of alkyl halides is 3. The minimum Gasteiger partial charge on any atom is -0.302 e. The molecule has 17 heavy (non-hydrogen) atoms. The van der Waals surface area contributed by atoms with Crippen molar-refractivity contribution in [2.24, 2.45) is 0 Å². The minimum absolute atomic E-state index is 0.0249. The zero-order chi connectivity index (χ0) is 13.1. The number of rotatable bonds is 4. The van der Waals surface area contributed by atoms with Crippen LogP contribution in [0.5, 0.6) is 0 Å². The number of sulfonamides is 1. The van der Waals surface area contributed by atoms with Crippen molar-refractivity contribution < 1.29 is 26.8 Å². The third-order valence-electron chi connectivity index (χ3n) is 1.89. The van der Waals surface area contributed by atoms with Crippen molar-refractivity contribution in [1.29, 1.82) is 0 Å². The maximum atomic E-state index is 12.1. The van der Waals surface area contributed by atoms with Gasteiger partial charge in [-0.2, -0.15) is 13.2 Å². The van der Waals surface area contributed by atoms with Crippen molar-refractivity contribution in [3.8, 4) is 0 Å². The van der Waals surface area contributed by atoms with Crippen LogP contribution in [0.2, 0.25) is 0 Å². The fourth-order valence-electron chi connectivity index (χ4n) is 1.31. The predicted molar refractivity (Wildman–Crippen MR) is 53.7 cm³/mol. The fourth-order valence-corrected chi connectivity index (χ4v) is 2.00. The Morgan fingerprint density at radius 1 is 1.24 bits per heavy atom. The third-order valence-corrected chi connectivity index (χ3v) is 2.88. The molecular formula is C9H10F3NO3S. The van der Waals surface area contributed by atoms with Crippen molar-refractivity contribution in [1.82, 2.24) is 4.89 Å². The summed E-state index contributed by atoms with van der Waals surface area (Å²) >= 11 is 0. The van der Waals surface area contributed by atoms with E-state index in [1.807, 2.05) is 0 Å². The van der Waals surface area contributed by atoms with E-state index in [-0.39, 0.29) is 11.1 Å². The Bertz CT molecular complexity index is 485. The zero-order valence-electron chi connectivity index (χ0n) is 8.53. The van der Waals surface area contributed by atoms with Crippen LogP contribution in [0.4, 0.5) is 13.2 Å². The summed E-state index contributed by atoms with van der Waals surface area (Å²) < 4.78 is 58.3. The SMILES string of the molecule is O=S(=O)(Cc1cccc(CC(F)(F)F)c1)NO. The molecule has 0 saturated heterocycles. The van der Waals surface area contributed by atoms with Crippen LogP contribution >= 0.6 is 0 Å². The molecule has 0 bridgehead atoms. The van der Waals surface area contributed by atoms with E-state index >= 15 is 0 Å². The van der Waals surface area contributed by atoms with Gasteiger partial charge < -0.3 is 5.21 Å². The lowest BCUT2D eigenvalue weighted by atomic mass is 10.1. The van der Waals surface area contributed by atoms with Gasteiger partial charge in [0.05, 0.1) is 12.2 Å². The lowest BCUT2D eigenvalue weighted by Crippen LogP contribution is -2.21. The van der Waals surface area contributed by atoms with Gasteiger partial charge in [0.1, 0.15) is 0 Å². The molecule has 96 valence electrons. The first kappa shape index (κ1) is 13.9. The molecule has 8 heteroatoms. The minimum atomic E-state index is -4.34. The van der Waals surface area contributed by atoms with Crippen molar-refractivity contribution in [3.05, 3.63) is 35.4 Å². The Labute approximate surface area is 96.1 Å². The van der Waals surface area contributed by atoms with Gasteiger partial charge in [0.25, 0.3) is 0 Å². The Balaban J connectivity index is 2.87. The van der Waals surface area contributed by atoms with Crippen molar-refractivity contribution in [3.63, 3.8) is 0 Å². The van der Waals surface area contributed by atoms with Crippen LogP contribution in [0.25, 0.3) is 0 Å². The van der Waals surface area contributed by atoms with Gasteiger partial charge in [0.15, 0.2) is 0 Å². The lowest BCUT2D eigenvalue weighted by molar-refractivity contribution is -0.127. The molecule has 0 unspecified atom stereocenters. The molecule has 1 aromatic rings. The molecule has 0 amide bonds. The first-order valence-electron chi connectivity index (χ1n) is 4.50. The fraction of sp³-hybridized carbons (Fsp3) is 0.333. The summed E-state index contributed by atoms with van der Waals surface area (Å²) in [7, 11) is -3.91.